The molecule has 0 N–H and O–H groups in total. The van der Waals surface area contributed by atoms with Gasteiger partial charge >= 0.3 is 0 Å². The van der Waals surface area contributed by atoms with Crippen LogP contribution in [0, 0.1) is 5.82 Å². The summed E-state index contributed by atoms with van der Waals surface area (Å²) < 4.78 is 14.5. The predicted molar refractivity (Wildman–Crippen MR) is 96.9 cm³/mol. The van der Waals surface area contributed by atoms with Crippen LogP contribution in [0.2, 0.25) is 0 Å². The molecular formula is C23H19F. The van der Waals surface area contributed by atoms with E-state index in [1.165, 1.54) is 27.8 Å². The van der Waals surface area contributed by atoms with E-state index in [0.717, 1.165) is 16.7 Å². The molecule has 5 rings (SSSR count). The van der Waals surface area contributed by atoms with Crippen LogP contribution in [0.3, 0.4) is 0 Å². The normalized spacial score (nSPS) is 18.8. The van der Waals surface area contributed by atoms with Gasteiger partial charge in [-0.2, -0.15) is 0 Å². The number of halogens is 1. The standard InChI is InChI=1S/C23H19F/c1-13-14-8-6-10-21(24)22(14)18-11-17-15-7-4-5-9-19(15)23(2,3)20(17)12-16(13)18/h4-13H,1-3H3. The van der Waals surface area contributed by atoms with Crippen LogP contribution in [0.25, 0.3) is 22.3 Å². The molecule has 0 saturated heterocycles. The van der Waals surface area contributed by atoms with E-state index in [-0.39, 0.29) is 17.2 Å². The van der Waals surface area contributed by atoms with Gasteiger partial charge in [-0.15, -0.1) is 0 Å². The molecule has 0 fully saturated rings. The second-order valence-corrected chi connectivity index (χ2v) is 7.58. The highest BCUT2D eigenvalue weighted by Gasteiger charge is 2.38. The highest BCUT2D eigenvalue weighted by atomic mass is 19.1. The van der Waals surface area contributed by atoms with E-state index in [1.807, 2.05) is 6.07 Å². The molecule has 0 spiro atoms. The molecule has 3 aromatic carbocycles. The molecule has 0 amide bonds. The zero-order chi connectivity index (χ0) is 16.6. The molecule has 1 heteroatoms. The lowest BCUT2D eigenvalue weighted by molar-refractivity contribution is 0.630. The molecule has 2 aliphatic rings. The first-order chi connectivity index (χ1) is 11.5. The number of rotatable bonds is 0. The van der Waals surface area contributed by atoms with Gasteiger partial charge in [-0.3, -0.25) is 0 Å². The van der Waals surface area contributed by atoms with E-state index >= 15 is 0 Å². The van der Waals surface area contributed by atoms with Crippen LogP contribution in [-0.4, -0.2) is 0 Å². The van der Waals surface area contributed by atoms with Gasteiger partial charge in [0.1, 0.15) is 5.82 Å². The molecule has 1 atom stereocenters. The third-order valence-electron chi connectivity index (χ3n) is 6.00. The van der Waals surface area contributed by atoms with Gasteiger partial charge in [0.2, 0.25) is 0 Å². The van der Waals surface area contributed by atoms with Crippen molar-refractivity contribution in [3.8, 4) is 22.3 Å². The summed E-state index contributed by atoms with van der Waals surface area (Å²) in [5, 5.41) is 0. The maximum atomic E-state index is 14.5. The Morgan fingerprint density at radius 2 is 1.58 bits per heavy atom. The number of hydrogen-bond acceptors (Lipinski definition) is 0. The molecule has 3 aromatic rings. The Balaban J connectivity index is 1.87. The molecule has 1 unspecified atom stereocenters. The van der Waals surface area contributed by atoms with Gasteiger partial charge in [0.25, 0.3) is 0 Å². The largest absolute Gasteiger partial charge is 0.206 e. The van der Waals surface area contributed by atoms with Crippen LogP contribution in [0.5, 0.6) is 0 Å². The zero-order valence-electron chi connectivity index (χ0n) is 14.2. The highest BCUT2D eigenvalue weighted by molar-refractivity contribution is 5.89. The fourth-order valence-corrected chi connectivity index (χ4v) is 4.69. The molecular weight excluding hydrogens is 295 g/mol. The Hall–Kier alpha value is -2.41. The smallest absolute Gasteiger partial charge is 0.131 e. The summed E-state index contributed by atoms with van der Waals surface area (Å²) in [5.41, 5.74) is 9.51. The monoisotopic (exact) mass is 314 g/mol. The lowest BCUT2D eigenvalue weighted by Gasteiger charge is -2.22. The Morgan fingerprint density at radius 3 is 2.42 bits per heavy atom. The van der Waals surface area contributed by atoms with Crippen molar-refractivity contribution < 1.29 is 4.39 Å². The van der Waals surface area contributed by atoms with Crippen LogP contribution < -0.4 is 0 Å². The van der Waals surface area contributed by atoms with Gasteiger partial charge in [-0.05, 0) is 51.1 Å². The summed E-state index contributed by atoms with van der Waals surface area (Å²) >= 11 is 0. The first-order valence-corrected chi connectivity index (χ1v) is 8.57. The van der Waals surface area contributed by atoms with Crippen molar-refractivity contribution >= 4 is 0 Å². The van der Waals surface area contributed by atoms with Gasteiger partial charge in [0.15, 0.2) is 0 Å². The summed E-state index contributed by atoms with van der Waals surface area (Å²) in [6.45, 7) is 6.76. The van der Waals surface area contributed by atoms with Crippen LogP contribution in [0.15, 0.2) is 54.6 Å². The quantitative estimate of drug-likeness (QED) is 0.459. The molecule has 2 aliphatic carbocycles. The summed E-state index contributed by atoms with van der Waals surface area (Å²) in [5.74, 6) is 0.138. The van der Waals surface area contributed by atoms with E-state index in [1.54, 1.807) is 6.07 Å². The Labute approximate surface area is 142 Å². The third-order valence-corrected chi connectivity index (χ3v) is 6.00. The average Bonchev–Trinajstić information content (AvgIpc) is 2.99. The Morgan fingerprint density at radius 1 is 0.792 bits per heavy atom. The van der Waals surface area contributed by atoms with E-state index in [4.69, 9.17) is 0 Å². The second-order valence-electron chi connectivity index (χ2n) is 7.58. The van der Waals surface area contributed by atoms with Gasteiger partial charge < -0.3 is 0 Å². The zero-order valence-corrected chi connectivity index (χ0v) is 14.2. The SMILES string of the molecule is CC1c2cc3c(cc2-c2c(F)cccc21)-c1ccccc1C3(C)C. The van der Waals surface area contributed by atoms with Crippen molar-refractivity contribution in [2.75, 3.05) is 0 Å². The van der Waals surface area contributed by atoms with E-state index in [2.05, 4.69) is 63.2 Å². The molecule has 0 bridgehead atoms. The summed E-state index contributed by atoms with van der Waals surface area (Å²) in [4.78, 5) is 0. The van der Waals surface area contributed by atoms with Gasteiger partial charge in [0.05, 0.1) is 0 Å². The Bertz CT molecular complexity index is 1010. The Kier molecular flexibility index (Phi) is 2.54. The van der Waals surface area contributed by atoms with Crippen LogP contribution >= 0.6 is 0 Å². The summed E-state index contributed by atoms with van der Waals surface area (Å²) in [6, 6.07) is 18.6. The average molecular weight is 314 g/mol. The van der Waals surface area contributed by atoms with Crippen molar-refractivity contribution in [3.63, 3.8) is 0 Å². The molecule has 24 heavy (non-hydrogen) atoms. The predicted octanol–water partition coefficient (Wildman–Crippen LogP) is 6.26. The fourth-order valence-electron chi connectivity index (χ4n) is 4.69. The topological polar surface area (TPSA) is 0 Å². The van der Waals surface area contributed by atoms with Gasteiger partial charge in [-0.25, -0.2) is 4.39 Å². The van der Waals surface area contributed by atoms with Crippen molar-refractivity contribution in [1.29, 1.82) is 0 Å². The van der Waals surface area contributed by atoms with E-state index in [9.17, 15) is 4.39 Å². The van der Waals surface area contributed by atoms with Crippen molar-refractivity contribution in [3.05, 3.63) is 82.7 Å². The molecule has 0 heterocycles. The first kappa shape index (κ1) is 14.0. The summed E-state index contributed by atoms with van der Waals surface area (Å²) in [7, 11) is 0. The molecule has 118 valence electrons. The van der Waals surface area contributed by atoms with Crippen LogP contribution in [0.1, 0.15) is 48.9 Å². The van der Waals surface area contributed by atoms with Crippen molar-refractivity contribution in [2.24, 2.45) is 0 Å². The fraction of sp³-hybridized carbons (Fsp3) is 0.217. The number of fused-ring (bicyclic) bond motifs is 6. The molecule has 0 aliphatic heterocycles. The minimum Gasteiger partial charge on any atom is -0.206 e. The van der Waals surface area contributed by atoms with Crippen LogP contribution in [0.4, 0.5) is 4.39 Å². The molecule has 0 radical (unpaired) electrons. The first-order valence-electron chi connectivity index (χ1n) is 8.57. The molecule has 0 aromatic heterocycles. The number of hydrogen-bond donors (Lipinski definition) is 0. The van der Waals surface area contributed by atoms with E-state index < -0.39 is 0 Å². The maximum Gasteiger partial charge on any atom is 0.131 e. The third kappa shape index (κ3) is 1.53. The maximum absolute atomic E-state index is 14.5. The van der Waals surface area contributed by atoms with Crippen molar-refractivity contribution in [2.45, 2.75) is 32.1 Å². The van der Waals surface area contributed by atoms with Gasteiger partial charge in [-0.1, -0.05) is 63.2 Å². The lowest BCUT2D eigenvalue weighted by Crippen LogP contribution is -2.15. The minimum atomic E-state index is -0.108. The van der Waals surface area contributed by atoms with Crippen molar-refractivity contribution in [1.82, 2.24) is 0 Å². The highest BCUT2D eigenvalue weighted by Crippen LogP contribution is 2.54. The van der Waals surface area contributed by atoms with Crippen LogP contribution in [-0.2, 0) is 5.41 Å². The molecule has 0 nitrogen and oxygen atoms in total. The molecule has 0 saturated carbocycles. The summed E-state index contributed by atoms with van der Waals surface area (Å²) in [6.07, 6.45) is 0. The second kappa shape index (κ2) is 4.36. The number of benzene rings is 3. The van der Waals surface area contributed by atoms with E-state index in [0.29, 0.717) is 0 Å². The minimum absolute atomic E-state index is 0.00596. The lowest BCUT2D eigenvalue weighted by atomic mass is 9.81. The van der Waals surface area contributed by atoms with Gasteiger partial charge in [0, 0.05) is 16.9 Å².